The molecule has 1 unspecified atom stereocenters. The zero-order chi connectivity index (χ0) is 7.28. The van der Waals surface area contributed by atoms with Crippen molar-refractivity contribution in [1.82, 2.24) is 10.3 Å². The van der Waals surface area contributed by atoms with E-state index < -0.39 is 0 Å². The van der Waals surface area contributed by atoms with Gasteiger partial charge in [0.1, 0.15) is 0 Å². The molecule has 0 aliphatic heterocycles. The molecule has 0 aromatic heterocycles. The topological polar surface area (TPSA) is 41.3 Å². The molecule has 0 heterocycles. The highest BCUT2D eigenvalue weighted by Gasteiger charge is 2.05. The van der Waals surface area contributed by atoms with Crippen molar-refractivity contribution in [2.24, 2.45) is 5.84 Å². The van der Waals surface area contributed by atoms with Gasteiger partial charge in [-0.2, -0.15) is 0 Å². The van der Waals surface area contributed by atoms with E-state index in [-0.39, 0.29) is 0 Å². The van der Waals surface area contributed by atoms with E-state index in [9.17, 15) is 0 Å². The third-order valence-electron chi connectivity index (χ3n) is 1.60. The summed E-state index contributed by atoms with van der Waals surface area (Å²) in [4.78, 5) is 2.24. The molecule has 0 spiro atoms. The van der Waals surface area contributed by atoms with Crippen molar-refractivity contribution >= 4 is 0 Å². The molecule has 56 valence electrons. The number of hydrogen-bond acceptors (Lipinski definition) is 3. The highest BCUT2D eigenvalue weighted by atomic mass is 15.4. The van der Waals surface area contributed by atoms with Crippen molar-refractivity contribution in [1.29, 1.82) is 0 Å². The second kappa shape index (κ2) is 4.73. The minimum absolute atomic E-state index is 0.292. The minimum Gasteiger partial charge on any atom is -0.288 e. The molecule has 0 rings (SSSR count). The minimum atomic E-state index is 0.292. The standard InChI is InChI=1S/C6H17N3/c1-4-9(5-2)6(3)8-7/h6,8H,4-5,7H2,1-3H3. The van der Waals surface area contributed by atoms with E-state index in [1.807, 2.05) is 6.92 Å². The van der Waals surface area contributed by atoms with E-state index in [2.05, 4.69) is 24.2 Å². The first-order chi connectivity index (χ1) is 4.26. The molecule has 0 aromatic rings. The van der Waals surface area contributed by atoms with E-state index in [1.54, 1.807) is 0 Å². The van der Waals surface area contributed by atoms with Crippen LogP contribution in [-0.2, 0) is 0 Å². The Balaban J connectivity index is 3.50. The lowest BCUT2D eigenvalue weighted by Crippen LogP contribution is -2.46. The summed E-state index contributed by atoms with van der Waals surface area (Å²) < 4.78 is 0. The Hall–Kier alpha value is -0.120. The van der Waals surface area contributed by atoms with Crippen LogP contribution in [0.1, 0.15) is 20.8 Å². The highest BCUT2D eigenvalue weighted by Crippen LogP contribution is 1.90. The van der Waals surface area contributed by atoms with E-state index in [0.29, 0.717) is 6.17 Å². The Bertz CT molecular complexity index is 61.3. The monoisotopic (exact) mass is 131 g/mol. The van der Waals surface area contributed by atoms with Gasteiger partial charge in [0.05, 0.1) is 6.17 Å². The van der Waals surface area contributed by atoms with Crippen LogP contribution in [0.3, 0.4) is 0 Å². The molecule has 3 heteroatoms. The van der Waals surface area contributed by atoms with Gasteiger partial charge in [-0.1, -0.05) is 13.8 Å². The average molecular weight is 131 g/mol. The largest absolute Gasteiger partial charge is 0.288 e. The Labute approximate surface area is 57.2 Å². The SMILES string of the molecule is CCN(CC)C(C)NN. The summed E-state index contributed by atoms with van der Waals surface area (Å²) in [6.07, 6.45) is 0.292. The number of nitrogens with one attached hydrogen (secondary N) is 1. The van der Waals surface area contributed by atoms with Crippen LogP contribution in [0.25, 0.3) is 0 Å². The van der Waals surface area contributed by atoms with Crippen molar-refractivity contribution in [2.45, 2.75) is 26.9 Å². The molecule has 0 aliphatic carbocycles. The van der Waals surface area contributed by atoms with Gasteiger partial charge >= 0.3 is 0 Å². The van der Waals surface area contributed by atoms with E-state index in [4.69, 9.17) is 5.84 Å². The fraction of sp³-hybridized carbons (Fsp3) is 1.00. The lowest BCUT2D eigenvalue weighted by Gasteiger charge is -2.24. The Morgan fingerprint density at radius 2 is 1.89 bits per heavy atom. The van der Waals surface area contributed by atoms with Gasteiger partial charge in [0, 0.05) is 0 Å². The summed E-state index contributed by atoms with van der Waals surface area (Å²) in [6, 6.07) is 0. The lowest BCUT2D eigenvalue weighted by molar-refractivity contribution is 0.198. The van der Waals surface area contributed by atoms with Crippen molar-refractivity contribution in [3.8, 4) is 0 Å². The molecule has 0 aliphatic rings. The molecule has 9 heavy (non-hydrogen) atoms. The number of nitrogens with two attached hydrogens (primary N) is 1. The van der Waals surface area contributed by atoms with Crippen LogP contribution in [0.2, 0.25) is 0 Å². The van der Waals surface area contributed by atoms with Gasteiger partial charge in [0.25, 0.3) is 0 Å². The van der Waals surface area contributed by atoms with Crippen LogP contribution in [0.4, 0.5) is 0 Å². The van der Waals surface area contributed by atoms with E-state index >= 15 is 0 Å². The van der Waals surface area contributed by atoms with Gasteiger partial charge in [0.15, 0.2) is 0 Å². The molecule has 1 atom stereocenters. The summed E-state index contributed by atoms with van der Waals surface area (Å²) in [5.41, 5.74) is 2.69. The summed E-state index contributed by atoms with van der Waals surface area (Å²) >= 11 is 0. The molecular weight excluding hydrogens is 114 g/mol. The molecule has 3 N–H and O–H groups in total. The maximum atomic E-state index is 5.23. The molecule has 0 amide bonds. The second-order valence-corrected chi connectivity index (χ2v) is 2.06. The maximum absolute atomic E-state index is 5.23. The Morgan fingerprint density at radius 1 is 1.44 bits per heavy atom. The highest BCUT2D eigenvalue weighted by molar-refractivity contribution is 4.56. The van der Waals surface area contributed by atoms with Crippen molar-refractivity contribution < 1.29 is 0 Å². The summed E-state index contributed by atoms with van der Waals surface area (Å²) in [5, 5.41) is 0. The first-order valence-corrected chi connectivity index (χ1v) is 3.46. The molecule has 0 aromatic carbocycles. The van der Waals surface area contributed by atoms with Gasteiger partial charge in [-0.3, -0.25) is 10.7 Å². The Morgan fingerprint density at radius 3 is 2.00 bits per heavy atom. The molecule has 0 saturated heterocycles. The van der Waals surface area contributed by atoms with E-state index in [1.165, 1.54) is 0 Å². The second-order valence-electron chi connectivity index (χ2n) is 2.06. The molecule has 0 radical (unpaired) electrons. The summed E-state index contributed by atoms with van der Waals surface area (Å²) in [6.45, 7) is 8.38. The number of hydrogen-bond donors (Lipinski definition) is 2. The third kappa shape index (κ3) is 2.79. The molecular formula is C6H17N3. The van der Waals surface area contributed by atoms with Crippen LogP contribution in [0.15, 0.2) is 0 Å². The van der Waals surface area contributed by atoms with Crippen LogP contribution < -0.4 is 11.3 Å². The quantitative estimate of drug-likeness (QED) is 0.324. The summed E-state index contributed by atoms with van der Waals surface area (Å²) in [5.74, 6) is 5.23. The molecule has 0 fully saturated rings. The molecule has 0 saturated carbocycles. The fourth-order valence-corrected chi connectivity index (χ4v) is 0.877. The van der Waals surface area contributed by atoms with Gasteiger partial charge in [-0.05, 0) is 20.0 Å². The van der Waals surface area contributed by atoms with E-state index in [0.717, 1.165) is 13.1 Å². The van der Waals surface area contributed by atoms with Crippen LogP contribution >= 0.6 is 0 Å². The Kier molecular flexibility index (Phi) is 4.67. The first kappa shape index (κ1) is 8.88. The first-order valence-electron chi connectivity index (χ1n) is 3.46. The van der Waals surface area contributed by atoms with Crippen LogP contribution in [0.5, 0.6) is 0 Å². The zero-order valence-electron chi connectivity index (χ0n) is 6.52. The number of rotatable bonds is 4. The smallest absolute Gasteiger partial charge is 0.0697 e. The van der Waals surface area contributed by atoms with Gasteiger partial charge < -0.3 is 0 Å². The van der Waals surface area contributed by atoms with Gasteiger partial charge in [0.2, 0.25) is 0 Å². The average Bonchev–Trinajstić information content (AvgIpc) is 1.90. The van der Waals surface area contributed by atoms with Crippen LogP contribution in [-0.4, -0.2) is 24.2 Å². The molecule has 3 nitrogen and oxygen atoms in total. The predicted molar refractivity (Wildman–Crippen MR) is 39.7 cm³/mol. The summed E-state index contributed by atoms with van der Waals surface area (Å²) in [7, 11) is 0. The lowest BCUT2D eigenvalue weighted by atomic mass is 10.4. The number of nitrogens with zero attached hydrogens (tertiary/aromatic N) is 1. The molecule has 0 bridgehead atoms. The van der Waals surface area contributed by atoms with Gasteiger partial charge in [-0.15, -0.1) is 0 Å². The van der Waals surface area contributed by atoms with Crippen LogP contribution in [0, 0.1) is 0 Å². The van der Waals surface area contributed by atoms with Crippen molar-refractivity contribution in [2.75, 3.05) is 13.1 Å². The van der Waals surface area contributed by atoms with Gasteiger partial charge in [-0.25, -0.2) is 5.43 Å². The van der Waals surface area contributed by atoms with Crippen molar-refractivity contribution in [3.63, 3.8) is 0 Å². The normalized spacial score (nSPS) is 14.3. The number of hydrazine groups is 1. The zero-order valence-corrected chi connectivity index (χ0v) is 6.52. The maximum Gasteiger partial charge on any atom is 0.0697 e. The third-order valence-corrected chi connectivity index (χ3v) is 1.60. The fourth-order valence-electron chi connectivity index (χ4n) is 0.877. The predicted octanol–water partition coefficient (Wildman–Crippen LogP) is 0.138. The van der Waals surface area contributed by atoms with Crippen molar-refractivity contribution in [3.05, 3.63) is 0 Å².